The monoisotopic (exact) mass is 165 g/mol. The Morgan fingerprint density at radius 3 is 2.83 bits per heavy atom. The quantitative estimate of drug-likeness (QED) is 0.699. The van der Waals surface area contributed by atoms with Crippen LogP contribution >= 0.6 is 0 Å². The van der Waals surface area contributed by atoms with Crippen molar-refractivity contribution in [3.63, 3.8) is 0 Å². The first-order chi connectivity index (χ1) is 5.59. The molecule has 1 unspecified atom stereocenters. The maximum atomic E-state index is 5.89. The van der Waals surface area contributed by atoms with E-state index in [1.54, 1.807) is 6.26 Å². The van der Waals surface area contributed by atoms with E-state index in [1.165, 1.54) is 0 Å². The van der Waals surface area contributed by atoms with E-state index in [4.69, 9.17) is 10.2 Å². The van der Waals surface area contributed by atoms with Gasteiger partial charge in [-0.1, -0.05) is 5.57 Å². The molecule has 1 aromatic rings. The smallest absolute Gasteiger partial charge is 0.101 e. The zero-order chi connectivity index (χ0) is 9.14. The van der Waals surface area contributed by atoms with E-state index in [-0.39, 0.29) is 6.04 Å². The van der Waals surface area contributed by atoms with Gasteiger partial charge in [-0.3, -0.25) is 0 Å². The lowest BCUT2D eigenvalue weighted by Crippen LogP contribution is -2.09. The molecule has 12 heavy (non-hydrogen) atoms. The number of nitrogens with two attached hydrogens (primary N) is 1. The van der Waals surface area contributed by atoms with Crippen molar-refractivity contribution in [2.24, 2.45) is 5.73 Å². The highest BCUT2D eigenvalue weighted by atomic mass is 16.3. The maximum Gasteiger partial charge on any atom is 0.101 e. The molecule has 0 saturated heterocycles. The Morgan fingerprint density at radius 2 is 2.42 bits per heavy atom. The van der Waals surface area contributed by atoms with Crippen molar-refractivity contribution in [3.05, 3.63) is 35.8 Å². The van der Waals surface area contributed by atoms with Gasteiger partial charge in [-0.15, -0.1) is 6.58 Å². The Morgan fingerprint density at radius 1 is 1.75 bits per heavy atom. The molecule has 2 heteroatoms. The van der Waals surface area contributed by atoms with Crippen molar-refractivity contribution in [1.82, 2.24) is 0 Å². The van der Waals surface area contributed by atoms with Crippen LogP contribution in [0.15, 0.2) is 28.9 Å². The number of rotatable bonds is 3. The third-order valence-electron chi connectivity index (χ3n) is 1.75. The second kappa shape index (κ2) is 3.59. The van der Waals surface area contributed by atoms with E-state index in [1.807, 2.05) is 19.9 Å². The number of furan rings is 1. The second-order valence-electron chi connectivity index (χ2n) is 3.26. The Balaban J connectivity index is 2.64. The minimum absolute atomic E-state index is 0.0277. The highest BCUT2D eigenvalue weighted by Crippen LogP contribution is 2.19. The van der Waals surface area contributed by atoms with Crippen LogP contribution in [-0.2, 0) is 0 Å². The van der Waals surface area contributed by atoms with E-state index in [0.29, 0.717) is 0 Å². The summed E-state index contributed by atoms with van der Waals surface area (Å²) in [5, 5.41) is 0. The first-order valence-corrected chi connectivity index (χ1v) is 4.04. The molecule has 66 valence electrons. The summed E-state index contributed by atoms with van der Waals surface area (Å²) in [6.45, 7) is 7.71. The molecule has 0 saturated carbocycles. The minimum Gasteiger partial charge on any atom is -0.469 e. The number of aryl methyl sites for hydroxylation is 1. The molecule has 0 amide bonds. The topological polar surface area (TPSA) is 39.2 Å². The van der Waals surface area contributed by atoms with Crippen LogP contribution in [0, 0.1) is 6.92 Å². The van der Waals surface area contributed by atoms with Crippen molar-refractivity contribution in [2.75, 3.05) is 0 Å². The molecular weight excluding hydrogens is 150 g/mol. The Labute approximate surface area is 73.1 Å². The minimum atomic E-state index is 0.0277. The van der Waals surface area contributed by atoms with Gasteiger partial charge in [0.1, 0.15) is 5.76 Å². The summed E-state index contributed by atoms with van der Waals surface area (Å²) < 4.78 is 5.16. The molecule has 0 aliphatic rings. The molecule has 1 rings (SSSR count). The Hall–Kier alpha value is -1.02. The highest BCUT2D eigenvalue weighted by Gasteiger charge is 2.07. The first-order valence-electron chi connectivity index (χ1n) is 4.04. The maximum absolute atomic E-state index is 5.89. The van der Waals surface area contributed by atoms with E-state index in [9.17, 15) is 0 Å². The highest BCUT2D eigenvalue weighted by molar-refractivity contribution is 5.17. The van der Waals surface area contributed by atoms with Crippen molar-refractivity contribution >= 4 is 0 Å². The molecule has 0 spiro atoms. The van der Waals surface area contributed by atoms with Crippen LogP contribution in [0.25, 0.3) is 0 Å². The van der Waals surface area contributed by atoms with Crippen molar-refractivity contribution < 1.29 is 4.42 Å². The zero-order valence-corrected chi connectivity index (χ0v) is 7.63. The van der Waals surface area contributed by atoms with Gasteiger partial charge in [-0.2, -0.15) is 0 Å². The third kappa shape index (κ3) is 2.24. The van der Waals surface area contributed by atoms with Crippen LogP contribution in [0.2, 0.25) is 0 Å². The van der Waals surface area contributed by atoms with Crippen LogP contribution < -0.4 is 5.73 Å². The zero-order valence-electron chi connectivity index (χ0n) is 7.63. The van der Waals surface area contributed by atoms with Crippen LogP contribution in [0.3, 0.4) is 0 Å². The molecule has 0 aliphatic carbocycles. The fourth-order valence-corrected chi connectivity index (χ4v) is 1.15. The van der Waals surface area contributed by atoms with Gasteiger partial charge in [0, 0.05) is 11.6 Å². The Bertz CT molecular complexity index is 275. The van der Waals surface area contributed by atoms with Crippen molar-refractivity contribution in [2.45, 2.75) is 26.3 Å². The summed E-state index contributed by atoms with van der Waals surface area (Å²) >= 11 is 0. The normalized spacial score (nSPS) is 12.9. The molecule has 0 aliphatic heterocycles. The van der Waals surface area contributed by atoms with E-state index < -0.39 is 0 Å². The fraction of sp³-hybridized carbons (Fsp3) is 0.400. The molecule has 2 nitrogen and oxygen atoms in total. The van der Waals surface area contributed by atoms with Crippen LogP contribution in [0.1, 0.15) is 30.7 Å². The van der Waals surface area contributed by atoms with Crippen LogP contribution in [-0.4, -0.2) is 0 Å². The summed E-state index contributed by atoms with van der Waals surface area (Å²) in [6.07, 6.45) is 2.53. The molecule has 1 aromatic heterocycles. The summed E-state index contributed by atoms with van der Waals surface area (Å²) in [7, 11) is 0. The molecule has 0 fully saturated rings. The van der Waals surface area contributed by atoms with Gasteiger partial charge in [0.2, 0.25) is 0 Å². The van der Waals surface area contributed by atoms with E-state index in [2.05, 4.69) is 6.58 Å². The van der Waals surface area contributed by atoms with Gasteiger partial charge in [-0.05, 0) is 26.3 Å². The average molecular weight is 165 g/mol. The predicted octanol–water partition coefficient (Wildman–Crippen LogP) is 2.55. The standard InChI is InChI=1S/C10H15NO/c1-7(2)4-10(11)9-5-8(3)12-6-9/h5-6,10H,1,4,11H2,2-3H3. The summed E-state index contributed by atoms with van der Waals surface area (Å²) in [4.78, 5) is 0. The van der Waals surface area contributed by atoms with Gasteiger partial charge in [-0.25, -0.2) is 0 Å². The molecule has 2 N–H and O–H groups in total. The lowest BCUT2D eigenvalue weighted by Gasteiger charge is -2.07. The van der Waals surface area contributed by atoms with Gasteiger partial charge < -0.3 is 10.2 Å². The molecule has 0 bridgehead atoms. The molecule has 1 heterocycles. The van der Waals surface area contributed by atoms with E-state index in [0.717, 1.165) is 23.3 Å². The van der Waals surface area contributed by atoms with Crippen molar-refractivity contribution in [3.8, 4) is 0 Å². The third-order valence-corrected chi connectivity index (χ3v) is 1.75. The average Bonchev–Trinajstić information content (AvgIpc) is 2.34. The fourth-order valence-electron chi connectivity index (χ4n) is 1.15. The number of hydrogen-bond donors (Lipinski definition) is 1. The van der Waals surface area contributed by atoms with Gasteiger partial charge >= 0.3 is 0 Å². The number of hydrogen-bond acceptors (Lipinski definition) is 2. The predicted molar refractivity (Wildman–Crippen MR) is 49.8 cm³/mol. The van der Waals surface area contributed by atoms with E-state index >= 15 is 0 Å². The summed E-state index contributed by atoms with van der Waals surface area (Å²) in [6, 6.07) is 1.99. The lowest BCUT2D eigenvalue weighted by atomic mass is 10.0. The summed E-state index contributed by atoms with van der Waals surface area (Å²) in [5.41, 5.74) is 8.04. The molecule has 0 aromatic carbocycles. The second-order valence-corrected chi connectivity index (χ2v) is 3.26. The summed E-state index contributed by atoms with van der Waals surface area (Å²) in [5.74, 6) is 0.905. The SMILES string of the molecule is C=C(C)CC(N)c1coc(C)c1. The molecular formula is C10H15NO. The first kappa shape index (κ1) is 9.07. The van der Waals surface area contributed by atoms with Gasteiger partial charge in [0.05, 0.1) is 6.26 Å². The van der Waals surface area contributed by atoms with Crippen LogP contribution in [0.4, 0.5) is 0 Å². The van der Waals surface area contributed by atoms with Gasteiger partial charge in [0.25, 0.3) is 0 Å². The molecule has 0 radical (unpaired) electrons. The van der Waals surface area contributed by atoms with Crippen molar-refractivity contribution in [1.29, 1.82) is 0 Å². The Kier molecular flexibility index (Phi) is 2.71. The van der Waals surface area contributed by atoms with Crippen LogP contribution in [0.5, 0.6) is 0 Å². The largest absolute Gasteiger partial charge is 0.469 e. The molecule has 1 atom stereocenters. The lowest BCUT2D eigenvalue weighted by molar-refractivity contribution is 0.528. The van der Waals surface area contributed by atoms with Gasteiger partial charge in [0.15, 0.2) is 0 Å².